The standard InChI is InChI=1S/C27H21ClF3N3O5/c1-2-36-22-14-20-23(25-24(22)37-11-12-38-25)21(9-10-32-20)39-17-6-3-15(4-7-17)33-26(35)34-16-5-8-19(28)18(13-16)27(29,30)31/h3-10,13-14H,2,11-12H2,1H3,(H2,33,34,35). The van der Waals surface area contributed by atoms with Crippen molar-refractivity contribution >= 4 is 39.9 Å². The smallest absolute Gasteiger partial charge is 0.417 e. The van der Waals surface area contributed by atoms with E-state index in [1.807, 2.05) is 6.92 Å². The fourth-order valence-corrected chi connectivity index (χ4v) is 4.19. The van der Waals surface area contributed by atoms with Crippen LogP contribution >= 0.6 is 11.6 Å². The Balaban J connectivity index is 1.32. The van der Waals surface area contributed by atoms with Gasteiger partial charge in [-0.2, -0.15) is 13.2 Å². The average molecular weight is 560 g/mol. The zero-order valence-corrected chi connectivity index (χ0v) is 21.2. The second-order valence-corrected chi connectivity index (χ2v) is 8.67. The van der Waals surface area contributed by atoms with Crippen LogP contribution in [0.1, 0.15) is 12.5 Å². The van der Waals surface area contributed by atoms with E-state index in [0.29, 0.717) is 65.2 Å². The van der Waals surface area contributed by atoms with Gasteiger partial charge < -0.3 is 29.6 Å². The highest BCUT2D eigenvalue weighted by Gasteiger charge is 2.33. The van der Waals surface area contributed by atoms with Crippen LogP contribution in [0.2, 0.25) is 5.02 Å². The molecule has 0 saturated carbocycles. The highest BCUT2D eigenvalue weighted by Crippen LogP contribution is 2.48. The molecule has 0 radical (unpaired) electrons. The molecule has 0 unspecified atom stereocenters. The number of nitrogens with one attached hydrogen (secondary N) is 2. The molecule has 5 rings (SSSR count). The summed E-state index contributed by atoms with van der Waals surface area (Å²) in [6.45, 7) is 3.07. The summed E-state index contributed by atoms with van der Waals surface area (Å²) in [6, 6.07) is 12.3. The summed E-state index contributed by atoms with van der Waals surface area (Å²) in [5.74, 6) is 2.44. The van der Waals surface area contributed by atoms with Crippen LogP contribution in [0.3, 0.4) is 0 Å². The van der Waals surface area contributed by atoms with Gasteiger partial charge >= 0.3 is 12.2 Å². The topological polar surface area (TPSA) is 90.9 Å². The third-order valence-electron chi connectivity index (χ3n) is 5.61. The zero-order chi connectivity index (χ0) is 27.6. The average Bonchev–Trinajstić information content (AvgIpc) is 2.90. The number of fused-ring (bicyclic) bond motifs is 3. The molecule has 2 heterocycles. The predicted molar refractivity (Wildman–Crippen MR) is 140 cm³/mol. The number of aromatic nitrogens is 1. The van der Waals surface area contributed by atoms with Gasteiger partial charge in [0.05, 0.1) is 28.1 Å². The third-order valence-corrected chi connectivity index (χ3v) is 5.94. The van der Waals surface area contributed by atoms with E-state index in [1.165, 1.54) is 6.07 Å². The van der Waals surface area contributed by atoms with Crippen molar-refractivity contribution in [3.05, 3.63) is 71.4 Å². The van der Waals surface area contributed by atoms with Crippen LogP contribution in [0.5, 0.6) is 28.7 Å². The molecule has 8 nitrogen and oxygen atoms in total. The van der Waals surface area contributed by atoms with Gasteiger partial charge in [-0.05, 0) is 55.5 Å². The first-order valence-corrected chi connectivity index (χ1v) is 12.2. The number of urea groups is 1. The number of ether oxygens (including phenoxy) is 4. The molecule has 1 aliphatic heterocycles. The summed E-state index contributed by atoms with van der Waals surface area (Å²) in [6.07, 6.45) is -3.05. The molecule has 2 amide bonds. The summed E-state index contributed by atoms with van der Waals surface area (Å²) < 4.78 is 62.7. The number of hydrogen-bond acceptors (Lipinski definition) is 6. The Labute approximate surface area is 225 Å². The van der Waals surface area contributed by atoms with E-state index in [-0.39, 0.29) is 5.69 Å². The van der Waals surface area contributed by atoms with Crippen molar-refractivity contribution in [1.82, 2.24) is 4.98 Å². The number of carbonyl (C=O) groups is 1. The van der Waals surface area contributed by atoms with Crippen molar-refractivity contribution < 1.29 is 36.9 Å². The second-order valence-electron chi connectivity index (χ2n) is 8.26. The first-order chi connectivity index (χ1) is 18.7. The van der Waals surface area contributed by atoms with Crippen molar-refractivity contribution in [1.29, 1.82) is 0 Å². The Kier molecular flexibility index (Phi) is 7.25. The molecule has 0 aliphatic carbocycles. The molecule has 0 bridgehead atoms. The lowest BCUT2D eigenvalue weighted by Gasteiger charge is -2.23. The maximum Gasteiger partial charge on any atom is 0.417 e. The predicted octanol–water partition coefficient (Wildman–Crippen LogP) is 7.51. The van der Waals surface area contributed by atoms with E-state index >= 15 is 0 Å². The zero-order valence-electron chi connectivity index (χ0n) is 20.4. The summed E-state index contributed by atoms with van der Waals surface area (Å²) in [5.41, 5.74) is -0.110. The van der Waals surface area contributed by atoms with Gasteiger partial charge in [0, 0.05) is 23.6 Å². The molecule has 12 heteroatoms. The van der Waals surface area contributed by atoms with Crippen molar-refractivity contribution in [2.75, 3.05) is 30.5 Å². The number of halogens is 4. The Morgan fingerprint density at radius 1 is 0.974 bits per heavy atom. The minimum Gasteiger partial charge on any atom is -0.490 e. The second kappa shape index (κ2) is 10.8. The van der Waals surface area contributed by atoms with E-state index < -0.39 is 22.8 Å². The summed E-state index contributed by atoms with van der Waals surface area (Å²) in [7, 11) is 0. The van der Waals surface area contributed by atoms with Gasteiger partial charge in [-0.15, -0.1) is 0 Å². The number of nitrogens with zero attached hydrogens (tertiary/aromatic N) is 1. The quantitative estimate of drug-likeness (QED) is 0.254. The summed E-state index contributed by atoms with van der Waals surface area (Å²) in [5, 5.41) is 5.09. The van der Waals surface area contributed by atoms with Crippen LogP contribution in [-0.4, -0.2) is 30.8 Å². The number of hydrogen-bond donors (Lipinski definition) is 2. The van der Waals surface area contributed by atoms with Crippen LogP contribution in [0, 0.1) is 0 Å². The molecular weight excluding hydrogens is 539 g/mol. The molecule has 0 saturated heterocycles. The van der Waals surface area contributed by atoms with Gasteiger partial charge in [0.25, 0.3) is 0 Å². The van der Waals surface area contributed by atoms with E-state index in [1.54, 1.807) is 42.6 Å². The molecule has 2 N–H and O–H groups in total. The van der Waals surface area contributed by atoms with Crippen molar-refractivity contribution in [3.8, 4) is 28.7 Å². The number of alkyl halides is 3. The number of amides is 2. The van der Waals surface area contributed by atoms with Crippen LogP contribution in [0.15, 0.2) is 60.8 Å². The summed E-state index contributed by atoms with van der Waals surface area (Å²) in [4.78, 5) is 16.8. The molecule has 202 valence electrons. The van der Waals surface area contributed by atoms with Crippen molar-refractivity contribution in [3.63, 3.8) is 0 Å². The van der Waals surface area contributed by atoms with Crippen LogP contribution in [0.4, 0.5) is 29.3 Å². The third kappa shape index (κ3) is 5.73. The molecule has 0 fully saturated rings. The lowest BCUT2D eigenvalue weighted by Crippen LogP contribution is -2.19. The highest BCUT2D eigenvalue weighted by atomic mass is 35.5. The highest BCUT2D eigenvalue weighted by molar-refractivity contribution is 6.31. The molecule has 4 aromatic rings. The van der Waals surface area contributed by atoms with E-state index in [0.717, 1.165) is 12.1 Å². The van der Waals surface area contributed by atoms with E-state index in [4.69, 9.17) is 30.5 Å². The van der Waals surface area contributed by atoms with Crippen LogP contribution in [-0.2, 0) is 6.18 Å². The lowest BCUT2D eigenvalue weighted by atomic mass is 10.1. The number of rotatable bonds is 6. The van der Waals surface area contributed by atoms with Crippen molar-refractivity contribution in [2.24, 2.45) is 0 Å². The first kappa shape index (κ1) is 26.2. The normalized spacial score (nSPS) is 12.6. The first-order valence-electron chi connectivity index (χ1n) is 11.8. The Bertz CT molecular complexity index is 1530. The Morgan fingerprint density at radius 2 is 1.67 bits per heavy atom. The van der Waals surface area contributed by atoms with Crippen LogP contribution < -0.4 is 29.6 Å². The molecule has 1 aliphatic rings. The van der Waals surface area contributed by atoms with Gasteiger partial charge in [0.15, 0.2) is 11.5 Å². The minimum atomic E-state index is -4.65. The lowest BCUT2D eigenvalue weighted by molar-refractivity contribution is -0.137. The Hall–Kier alpha value is -4.38. The van der Waals surface area contributed by atoms with E-state index in [2.05, 4.69) is 15.6 Å². The van der Waals surface area contributed by atoms with Gasteiger partial charge in [0.1, 0.15) is 24.7 Å². The molecular formula is C27H21ClF3N3O5. The molecule has 3 aromatic carbocycles. The van der Waals surface area contributed by atoms with Gasteiger partial charge in [-0.3, -0.25) is 4.98 Å². The summed E-state index contributed by atoms with van der Waals surface area (Å²) >= 11 is 5.62. The minimum absolute atomic E-state index is 0.0595. The van der Waals surface area contributed by atoms with E-state index in [9.17, 15) is 18.0 Å². The molecule has 0 spiro atoms. The number of carbonyl (C=O) groups excluding carboxylic acids is 1. The largest absolute Gasteiger partial charge is 0.490 e. The van der Waals surface area contributed by atoms with Gasteiger partial charge in [0.2, 0.25) is 5.75 Å². The molecule has 39 heavy (non-hydrogen) atoms. The van der Waals surface area contributed by atoms with Gasteiger partial charge in [-0.25, -0.2) is 4.79 Å². The maximum absolute atomic E-state index is 13.1. The van der Waals surface area contributed by atoms with Crippen molar-refractivity contribution in [2.45, 2.75) is 13.1 Å². The maximum atomic E-state index is 13.1. The SMILES string of the molecule is CCOc1cc2nccc(Oc3ccc(NC(=O)Nc4ccc(Cl)c(C(F)(F)F)c4)cc3)c2c2c1OCCO2. The number of anilines is 2. The molecule has 1 aromatic heterocycles. The monoisotopic (exact) mass is 559 g/mol. The number of pyridine rings is 1. The van der Waals surface area contributed by atoms with Gasteiger partial charge in [-0.1, -0.05) is 11.6 Å². The molecule has 0 atom stereocenters. The fraction of sp³-hybridized carbons (Fsp3) is 0.185. The Morgan fingerprint density at radius 3 is 2.38 bits per heavy atom. The number of benzene rings is 3. The fourth-order valence-electron chi connectivity index (χ4n) is 3.97. The van der Waals surface area contributed by atoms with Crippen LogP contribution in [0.25, 0.3) is 10.9 Å².